The quantitative estimate of drug-likeness (QED) is 0.486. The molecule has 1 amide bonds. The van der Waals surface area contributed by atoms with E-state index in [0.717, 1.165) is 37.3 Å². The van der Waals surface area contributed by atoms with Crippen LogP contribution >= 0.6 is 11.6 Å². The zero-order chi connectivity index (χ0) is 18.4. The second-order valence-corrected chi connectivity index (χ2v) is 7.40. The molecule has 1 aliphatic rings. The summed E-state index contributed by atoms with van der Waals surface area (Å²) >= 11 is 5.73. The number of alkyl halides is 1. The third-order valence-electron chi connectivity index (χ3n) is 3.84. The first-order chi connectivity index (χ1) is 11.8. The Bertz CT molecular complexity index is 620. The maximum Gasteiger partial charge on any atom is 0.407 e. The average molecular weight is 367 g/mol. The zero-order valence-electron chi connectivity index (χ0n) is 15.1. The number of carbonyl (C=O) groups is 1. The Morgan fingerprint density at radius 3 is 2.60 bits per heavy atom. The number of amidine groups is 1. The van der Waals surface area contributed by atoms with Gasteiger partial charge in [-0.25, -0.2) is 9.79 Å². The van der Waals surface area contributed by atoms with Gasteiger partial charge in [0.15, 0.2) is 0 Å². The summed E-state index contributed by atoms with van der Waals surface area (Å²) in [7, 11) is 0. The van der Waals surface area contributed by atoms with E-state index in [1.807, 2.05) is 45.0 Å². The maximum absolute atomic E-state index is 11.9. The van der Waals surface area contributed by atoms with E-state index in [-0.39, 0.29) is 18.0 Å². The van der Waals surface area contributed by atoms with Crippen LogP contribution in [0.3, 0.4) is 0 Å². The lowest BCUT2D eigenvalue weighted by Gasteiger charge is -2.34. The number of amides is 1. The second-order valence-electron chi connectivity index (χ2n) is 7.13. The summed E-state index contributed by atoms with van der Waals surface area (Å²) in [5.41, 5.74) is 7.14. The van der Waals surface area contributed by atoms with E-state index in [4.69, 9.17) is 22.1 Å². The first-order valence-electron chi connectivity index (χ1n) is 8.51. The van der Waals surface area contributed by atoms with Crippen LogP contribution in [0.5, 0.6) is 0 Å². The van der Waals surface area contributed by atoms with Crippen LogP contribution in [0.2, 0.25) is 0 Å². The van der Waals surface area contributed by atoms with Crippen LogP contribution in [0.4, 0.5) is 16.2 Å². The molecule has 1 aromatic carbocycles. The van der Waals surface area contributed by atoms with Crippen molar-refractivity contribution in [3.05, 3.63) is 24.3 Å². The standard InChI is InChI=1S/C18H27ClN4O2/c1-18(2,3)25-17(24)21-13-8-10-23(11-9-13)15-7-5-4-6-14(15)22-16(20)12-19/h4-7,13H,8-12H2,1-3H3,(H2,20,22)(H,21,24). The number of nitrogens with two attached hydrogens (primary N) is 1. The number of aliphatic imine (C=N–C) groups is 1. The van der Waals surface area contributed by atoms with Gasteiger partial charge in [-0.1, -0.05) is 12.1 Å². The van der Waals surface area contributed by atoms with Gasteiger partial charge in [-0.2, -0.15) is 0 Å². The number of nitrogens with one attached hydrogen (secondary N) is 1. The first kappa shape index (κ1) is 19.4. The monoisotopic (exact) mass is 366 g/mol. The number of hydrogen-bond donors (Lipinski definition) is 2. The minimum absolute atomic E-state index is 0.120. The fourth-order valence-corrected chi connectivity index (χ4v) is 2.81. The van der Waals surface area contributed by atoms with Crippen molar-refractivity contribution in [2.45, 2.75) is 45.3 Å². The number of benzene rings is 1. The Morgan fingerprint density at radius 1 is 1.36 bits per heavy atom. The highest BCUT2D eigenvalue weighted by Gasteiger charge is 2.24. The molecule has 1 heterocycles. The van der Waals surface area contributed by atoms with E-state index in [1.54, 1.807) is 0 Å². The number of rotatable bonds is 4. The number of ether oxygens (including phenoxy) is 1. The molecule has 0 aromatic heterocycles. The summed E-state index contributed by atoms with van der Waals surface area (Å²) in [6.45, 7) is 7.24. The number of carbonyl (C=O) groups excluding carboxylic acids is 1. The smallest absolute Gasteiger partial charge is 0.407 e. The Balaban J connectivity index is 1.96. The summed E-state index contributed by atoms with van der Waals surface area (Å²) in [5, 5.41) is 2.95. The normalized spacial score (nSPS) is 16.6. The van der Waals surface area contributed by atoms with Crippen LogP contribution in [-0.2, 0) is 4.74 Å². The highest BCUT2D eigenvalue weighted by Crippen LogP contribution is 2.30. The van der Waals surface area contributed by atoms with Gasteiger partial charge in [0.25, 0.3) is 0 Å². The van der Waals surface area contributed by atoms with E-state index in [1.165, 1.54) is 0 Å². The van der Waals surface area contributed by atoms with Crippen LogP contribution in [0.25, 0.3) is 0 Å². The molecule has 7 heteroatoms. The molecule has 0 bridgehead atoms. The Kier molecular flexibility index (Phi) is 6.53. The van der Waals surface area contributed by atoms with Crippen molar-refractivity contribution in [3.63, 3.8) is 0 Å². The van der Waals surface area contributed by atoms with E-state index in [9.17, 15) is 4.79 Å². The molecule has 2 rings (SSSR count). The molecule has 0 saturated carbocycles. The van der Waals surface area contributed by atoms with Crippen molar-refractivity contribution >= 4 is 34.9 Å². The number of alkyl carbamates (subject to hydrolysis) is 1. The predicted octanol–water partition coefficient (Wildman–Crippen LogP) is 3.41. The molecule has 0 aliphatic carbocycles. The molecule has 0 unspecified atom stereocenters. The zero-order valence-corrected chi connectivity index (χ0v) is 15.8. The van der Waals surface area contributed by atoms with Gasteiger partial charge in [-0.15, -0.1) is 11.6 Å². The van der Waals surface area contributed by atoms with Crippen molar-refractivity contribution < 1.29 is 9.53 Å². The van der Waals surface area contributed by atoms with Gasteiger partial charge in [0.05, 0.1) is 17.3 Å². The molecule has 1 fully saturated rings. The number of halogens is 1. The second kappa shape index (κ2) is 8.43. The van der Waals surface area contributed by atoms with Crippen LogP contribution < -0.4 is 16.0 Å². The predicted molar refractivity (Wildman–Crippen MR) is 103 cm³/mol. The van der Waals surface area contributed by atoms with E-state index in [0.29, 0.717) is 5.84 Å². The van der Waals surface area contributed by atoms with Crippen molar-refractivity contribution in [2.24, 2.45) is 10.7 Å². The minimum Gasteiger partial charge on any atom is -0.444 e. The summed E-state index contributed by atoms with van der Waals surface area (Å²) < 4.78 is 5.32. The number of anilines is 1. The lowest BCUT2D eigenvalue weighted by Crippen LogP contribution is -2.46. The summed E-state index contributed by atoms with van der Waals surface area (Å²) in [6.07, 6.45) is 1.34. The first-order valence-corrected chi connectivity index (χ1v) is 9.04. The molecule has 1 aliphatic heterocycles. The van der Waals surface area contributed by atoms with Crippen LogP contribution in [0.1, 0.15) is 33.6 Å². The lowest BCUT2D eigenvalue weighted by molar-refractivity contribution is 0.0497. The molecule has 0 radical (unpaired) electrons. The van der Waals surface area contributed by atoms with Crippen molar-refractivity contribution in [1.29, 1.82) is 0 Å². The molecular formula is C18H27ClN4O2. The van der Waals surface area contributed by atoms with Gasteiger partial charge in [0, 0.05) is 19.1 Å². The summed E-state index contributed by atoms with van der Waals surface area (Å²) in [6, 6.07) is 7.99. The SMILES string of the molecule is CC(C)(C)OC(=O)NC1CCN(c2ccccc2N=C(N)CCl)CC1. The Labute approximate surface area is 154 Å². The van der Waals surface area contributed by atoms with Gasteiger partial charge in [-0.05, 0) is 45.7 Å². The molecule has 1 aromatic rings. The summed E-state index contributed by atoms with van der Waals surface area (Å²) in [5.74, 6) is 0.603. The van der Waals surface area contributed by atoms with Gasteiger partial charge >= 0.3 is 6.09 Å². The molecule has 138 valence electrons. The molecule has 6 nitrogen and oxygen atoms in total. The number of para-hydroxylation sites is 2. The molecule has 25 heavy (non-hydrogen) atoms. The average Bonchev–Trinajstić information content (AvgIpc) is 2.54. The van der Waals surface area contributed by atoms with Crippen LogP contribution in [0.15, 0.2) is 29.3 Å². The number of nitrogens with zero attached hydrogens (tertiary/aromatic N) is 2. The number of hydrogen-bond acceptors (Lipinski definition) is 4. The third kappa shape index (κ3) is 6.12. The van der Waals surface area contributed by atoms with Crippen molar-refractivity contribution in [2.75, 3.05) is 23.9 Å². The van der Waals surface area contributed by atoms with E-state index < -0.39 is 5.60 Å². The van der Waals surface area contributed by atoms with Gasteiger partial charge in [0.1, 0.15) is 11.4 Å². The number of piperidine rings is 1. The Hall–Kier alpha value is -1.95. The highest BCUT2D eigenvalue weighted by molar-refractivity contribution is 6.28. The molecular weight excluding hydrogens is 340 g/mol. The largest absolute Gasteiger partial charge is 0.444 e. The minimum atomic E-state index is -0.482. The maximum atomic E-state index is 11.9. The van der Waals surface area contributed by atoms with Gasteiger partial charge in [0.2, 0.25) is 0 Å². The van der Waals surface area contributed by atoms with Crippen LogP contribution in [-0.4, -0.2) is 42.5 Å². The lowest BCUT2D eigenvalue weighted by atomic mass is 10.0. The summed E-state index contributed by atoms with van der Waals surface area (Å²) in [4.78, 5) is 18.5. The van der Waals surface area contributed by atoms with Gasteiger partial charge < -0.3 is 20.7 Å². The fraction of sp³-hybridized carbons (Fsp3) is 0.556. The van der Waals surface area contributed by atoms with Crippen molar-refractivity contribution in [1.82, 2.24) is 5.32 Å². The van der Waals surface area contributed by atoms with Crippen LogP contribution in [0, 0.1) is 0 Å². The highest BCUT2D eigenvalue weighted by atomic mass is 35.5. The van der Waals surface area contributed by atoms with Crippen molar-refractivity contribution in [3.8, 4) is 0 Å². The topological polar surface area (TPSA) is 80.0 Å². The van der Waals surface area contributed by atoms with E-state index in [2.05, 4.69) is 15.2 Å². The molecule has 1 saturated heterocycles. The molecule has 0 spiro atoms. The van der Waals surface area contributed by atoms with Gasteiger partial charge in [-0.3, -0.25) is 0 Å². The third-order valence-corrected chi connectivity index (χ3v) is 4.11. The molecule has 0 atom stereocenters. The molecule has 3 N–H and O–H groups in total. The Morgan fingerprint density at radius 2 is 2.00 bits per heavy atom. The van der Waals surface area contributed by atoms with E-state index >= 15 is 0 Å². The fourth-order valence-electron chi connectivity index (χ4n) is 2.75.